The zero-order valence-corrected chi connectivity index (χ0v) is 15.5. The highest BCUT2D eigenvalue weighted by molar-refractivity contribution is 7.11. The molecule has 0 radical (unpaired) electrons. The maximum atomic E-state index is 13.0. The molecule has 1 aromatic carbocycles. The third-order valence-electron chi connectivity index (χ3n) is 5.15. The molecule has 0 saturated carbocycles. The van der Waals surface area contributed by atoms with Crippen molar-refractivity contribution in [2.24, 2.45) is 5.92 Å². The number of fused-ring (bicyclic) bond motifs is 2. The molecule has 0 fully saturated rings. The number of rotatable bonds is 3. The minimum Gasteiger partial charge on any atom is -0.493 e. The van der Waals surface area contributed by atoms with Crippen molar-refractivity contribution >= 4 is 17.2 Å². The van der Waals surface area contributed by atoms with Crippen LogP contribution in [0.25, 0.3) is 0 Å². The Hall–Kier alpha value is -1.88. The Morgan fingerprint density at radius 2 is 2.16 bits per heavy atom. The minimum atomic E-state index is -0.0109. The summed E-state index contributed by atoms with van der Waals surface area (Å²) in [5.74, 6) is 1.12. The average Bonchev–Trinajstić information content (AvgIpc) is 2.90. The van der Waals surface area contributed by atoms with Crippen LogP contribution in [0, 0.1) is 5.92 Å². The molecule has 132 valence electrons. The van der Waals surface area contributed by atoms with Gasteiger partial charge >= 0.3 is 0 Å². The number of thiazole rings is 1. The topological polar surface area (TPSA) is 42.4 Å². The van der Waals surface area contributed by atoms with Crippen molar-refractivity contribution in [3.05, 3.63) is 45.4 Å². The van der Waals surface area contributed by atoms with Crippen LogP contribution in [-0.4, -0.2) is 29.4 Å². The van der Waals surface area contributed by atoms with Gasteiger partial charge < -0.3 is 9.64 Å². The highest BCUT2D eigenvalue weighted by Crippen LogP contribution is 2.29. The largest absolute Gasteiger partial charge is 0.493 e. The molecule has 2 aliphatic rings. The molecule has 0 spiro atoms. The summed E-state index contributed by atoms with van der Waals surface area (Å²) >= 11 is 1.79. The molecular weight excluding hydrogens is 332 g/mol. The molecule has 5 heteroatoms. The van der Waals surface area contributed by atoms with Crippen molar-refractivity contribution in [3.63, 3.8) is 0 Å². The van der Waals surface area contributed by atoms with Crippen LogP contribution in [0.15, 0.2) is 24.3 Å². The van der Waals surface area contributed by atoms with Crippen molar-refractivity contribution in [2.75, 3.05) is 13.7 Å². The van der Waals surface area contributed by atoms with E-state index >= 15 is 0 Å². The summed E-state index contributed by atoms with van der Waals surface area (Å²) in [6, 6.07) is 8.05. The molecular formula is C20H24N2O2S. The molecule has 1 amide bonds. The molecule has 0 saturated heterocycles. The SMILES string of the molecule is CN(Cc1nc2c(s1)CCCC2)C(=O)[C@H]1CCOc2ccccc2C1. The Bertz CT molecular complexity index is 747. The van der Waals surface area contributed by atoms with E-state index in [0.29, 0.717) is 13.2 Å². The maximum Gasteiger partial charge on any atom is 0.226 e. The Morgan fingerprint density at radius 1 is 1.32 bits per heavy atom. The van der Waals surface area contributed by atoms with Crippen LogP contribution in [0.4, 0.5) is 0 Å². The number of ether oxygens (including phenoxy) is 1. The average molecular weight is 356 g/mol. The summed E-state index contributed by atoms with van der Waals surface area (Å²) in [6.45, 7) is 1.22. The van der Waals surface area contributed by atoms with Gasteiger partial charge in [0.15, 0.2) is 0 Å². The number of benzene rings is 1. The van der Waals surface area contributed by atoms with Gasteiger partial charge in [-0.1, -0.05) is 18.2 Å². The van der Waals surface area contributed by atoms with Crippen LogP contribution in [0.2, 0.25) is 0 Å². The molecule has 4 rings (SSSR count). The summed E-state index contributed by atoms with van der Waals surface area (Å²) in [5.41, 5.74) is 2.40. The van der Waals surface area contributed by atoms with E-state index in [9.17, 15) is 4.79 Å². The first-order valence-corrected chi connectivity index (χ1v) is 9.95. The normalized spacial score (nSPS) is 19.3. The third-order valence-corrected chi connectivity index (χ3v) is 6.29. The molecule has 0 bridgehead atoms. The molecule has 1 atom stereocenters. The summed E-state index contributed by atoms with van der Waals surface area (Å²) < 4.78 is 5.80. The van der Waals surface area contributed by atoms with Crippen molar-refractivity contribution in [2.45, 2.75) is 45.1 Å². The second-order valence-electron chi connectivity index (χ2n) is 7.02. The minimum absolute atomic E-state index is 0.0109. The van der Waals surface area contributed by atoms with Crippen LogP contribution < -0.4 is 4.74 Å². The first-order chi connectivity index (χ1) is 12.2. The Labute approximate surface area is 152 Å². The number of nitrogens with zero attached hydrogens (tertiary/aromatic N) is 2. The summed E-state index contributed by atoms with van der Waals surface area (Å²) in [6.07, 6.45) is 6.29. The lowest BCUT2D eigenvalue weighted by atomic mass is 9.95. The molecule has 0 unspecified atom stereocenters. The van der Waals surface area contributed by atoms with Crippen LogP contribution in [0.5, 0.6) is 5.75 Å². The predicted molar refractivity (Wildman–Crippen MR) is 99.0 cm³/mol. The number of carbonyl (C=O) groups is 1. The Morgan fingerprint density at radius 3 is 3.04 bits per heavy atom. The van der Waals surface area contributed by atoms with Crippen molar-refractivity contribution < 1.29 is 9.53 Å². The zero-order valence-electron chi connectivity index (χ0n) is 14.7. The van der Waals surface area contributed by atoms with Crippen LogP contribution in [0.1, 0.15) is 40.4 Å². The quantitative estimate of drug-likeness (QED) is 0.843. The number of aromatic nitrogens is 1. The fourth-order valence-electron chi connectivity index (χ4n) is 3.77. The molecule has 1 aliphatic carbocycles. The van der Waals surface area contributed by atoms with Crippen LogP contribution >= 0.6 is 11.3 Å². The van der Waals surface area contributed by atoms with E-state index in [1.54, 1.807) is 11.3 Å². The Kier molecular flexibility index (Phi) is 4.75. The highest BCUT2D eigenvalue weighted by Gasteiger charge is 2.27. The third kappa shape index (κ3) is 3.56. The second kappa shape index (κ2) is 7.16. The smallest absolute Gasteiger partial charge is 0.226 e. The first-order valence-electron chi connectivity index (χ1n) is 9.14. The number of carbonyl (C=O) groups excluding carboxylic acids is 1. The zero-order chi connectivity index (χ0) is 17.2. The highest BCUT2D eigenvalue weighted by atomic mass is 32.1. The van der Waals surface area contributed by atoms with Crippen molar-refractivity contribution in [1.82, 2.24) is 9.88 Å². The van der Waals surface area contributed by atoms with E-state index < -0.39 is 0 Å². The number of para-hydroxylation sites is 1. The lowest BCUT2D eigenvalue weighted by Gasteiger charge is -2.21. The number of aryl methyl sites for hydroxylation is 2. The van der Waals surface area contributed by atoms with Crippen molar-refractivity contribution in [3.8, 4) is 5.75 Å². The van der Waals surface area contributed by atoms with Gasteiger partial charge in [0.1, 0.15) is 10.8 Å². The van der Waals surface area contributed by atoms with E-state index in [0.717, 1.165) is 42.0 Å². The van der Waals surface area contributed by atoms with Crippen LogP contribution in [0.3, 0.4) is 0 Å². The Balaban J connectivity index is 1.44. The standard InChI is InChI=1S/C20H24N2O2S/c1-22(13-19-21-16-7-3-5-9-18(16)25-19)20(23)15-10-11-24-17-8-4-2-6-14(17)12-15/h2,4,6,8,15H,3,5,7,9-13H2,1H3/t15-/m0/s1. The molecule has 2 heterocycles. The predicted octanol–water partition coefficient (Wildman–Crippen LogP) is 3.62. The van der Waals surface area contributed by atoms with E-state index in [4.69, 9.17) is 9.72 Å². The van der Waals surface area contributed by atoms with Gasteiger partial charge in [0, 0.05) is 17.8 Å². The van der Waals surface area contributed by atoms with Gasteiger partial charge in [-0.05, 0) is 50.2 Å². The summed E-state index contributed by atoms with van der Waals surface area (Å²) in [7, 11) is 1.90. The molecule has 0 N–H and O–H groups in total. The fraction of sp³-hybridized carbons (Fsp3) is 0.500. The maximum absolute atomic E-state index is 13.0. The van der Waals surface area contributed by atoms with Gasteiger partial charge in [0.2, 0.25) is 5.91 Å². The number of hydrogen-bond donors (Lipinski definition) is 0. The molecule has 2 aromatic rings. The first kappa shape index (κ1) is 16.6. The fourth-order valence-corrected chi connectivity index (χ4v) is 4.98. The van der Waals surface area contributed by atoms with Gasteiger partial charge in [-0.2, -0.15) is 0 Å². The van der Waals surface area contributed by atoms with E-state index in [1.165, 1.54) is 23.4 Å². The van der Waals surface area contributed by atoms with Crippen LogP contribution in [-0.2, 0) is 30.6 Å². The van der Waals surface area contributed by atoms with E-state index in [-0.39, 0.29) is 11.8 Å². The van der Waals surface area contributed by atoms with E-state index in [1.807, 2.05) is 30.1 Å². The van der Waals surface area contributed by atoms with Gasteiger partial charge in [-0.3, -0.25) is 4.79 Å². The summed E-state index contributed by atoms with van der Waals surface area (Å²) in [4.78, 5) is 21.0. The summed E-state index contributed by atoms with van der Waals surface area (Å²) in [5, 5.41) is 1.08. The monoisotopic (exact) mass is 356 g/mol. The molecule has 1 aromatic heterocycles. The molecule has 25 heavy (non-hydrogen) atoms. The second-order valence-corrected chi connectivity index (χ2v) is 8.19. The number of hydrogen-bond acceptors (Lipinski definition) is 4. The van der Waals surface area contributed by atoms with E-state index in [2.05, 4.69) is 6.07 Å². The van der Waals surface area contributed by atoms with Gasteiger partial charge in [-0.15, -0.1) is 11.3 Å². The van der Waals surface area contributed by atoms with Gasteiger partial charge in [0.05, 0.1) is 18.8 Å². The van der Waals surface area contributed by atoms with Crippen molar-refractivity contribution in [1.29, 1.82) is 0 Å². The number of amides is 1. The molecule has 1 aliphatic heterocycles. The lowest BCUT2D eigenvalue weighted by Crippen LogP contribution is -2.33. The lowest BCUT2D eigenvalue weighted by molar-refractivity contribution is -0.135. The molecule has 4 nitrogen and oxygen atoms in total. The van der Waals surface area contributed by atoms with Gasteiger partial charge in [-0.25, -0.2) is 4.98 Å². The van der Waals surface area contributed by atoms with Gasteiger partial charge in [0.25, 0.3) is 0 Å².